The van der Waals surface area contributed by atoms with E-state index < -0.39 is 0 Å². The lowest BCUT2D eigenvalue weighted by Gasteiger charge is -2.01. The van der Waals surface area contributed by atoms with Crippen LogP contribution in [0.2, 0.25) is 0 Å². The highest BCUT2D eigenvalue weighted by Crippen LogP contribution is 2.30. The zero-order chi connectivity index (χ0) is 11.0. The number of fused-ring (bicyclic) bond motifs is 1. The van der Waals surface area contributed by atoms with E-state index >= 15 is 0 Å². The molecule has 1 aromatic heterocycles. The molecular weight excluding hydrogens is 206 g/mol. The van der Waals surface area contributed by atoms with E-state index in [1.54, 1.807) is 0 Å². The molecule has 0 radical (unpaired) electrons. The molecule has 0 bridgehead atoms. The van der Waals surface area contributed by atoms with Crippen LogP contribution in [0.4, 0.5) is 0 Å². The van der Waals surface area contributed by atoms with E-state index in [0.717, 1.165) is 36.1 Å². The first-order valence-corrected chi connectivity index (χ1v) is 5.48. The molecule has 1 aliphatic heterocycles. The summed E-state index contributed by atoms with van der Waals surface area (Å²) >= 11 is 0. The van der Waals surface area contributed by atoms with Crippen LogP contribution in [0, 0.1) is 0 Å². The van der Waals surface area contributed by atoms with Gasteiger partial charge in [-0.2, -0.15) is 0 Å². The van der Waals surface area contributed by atoms with Crippen molar-refractivity contribution < 1.29 is 14.3 Å². The first-order chi connectivity index (χ1) is 7.86. The molecule has 0 spiro atoms. The molecule has 84 valence electrons. The van der Waals surface area contributed by atoms with Gasteiger partial charge in [-0.05, 0) is 30.5 Å². The maximum Gasteiger partial charge on any atom is 0.224 e. The summed E-state index contributed by atoms with van der Waals surface area (Å²) in [6.45, 7) is 0.809. The summed E-state index contributed by atoms with van der Waals surface area (Å²) in [5.41, 5.74) is 2.39. The van der Waals surface area contributed by atoms with Crippen molar-refractivity contribution in [1.82, 2.24) is 4.98 Å². The van der Waals surface area contributed by atoms with Crippen molar-refractivity contribution in [3.63, 3.8) is 0 Å². The van der Waals surface area contributed by atoms with Gasteiger partial charge >= 0.3 is 0 Å². The summed E-state index contributed by atoms with van der Waals surface area (Å²) < 4.78 is 11.2. The number of benzene rings is 1. The van der Waals surface area contributed by atoms with Crippen LogP contribution in [-0.4, -0.2) is 16.7 Å². The van der Waals surface area contributed by atoms with E-state index in [-0.39, 0.29) is 12.7 Å². The Kier molecular flexibility index (Phi) is 2.38. The van der Waals surface area contributed by atoms with E-state index in [4.69, 9.17) is 14.3 Å². The smallest absolute Gasteiger partial charge is 0.224 e. The molecule has 0 aliphatic carbocycles. The van der Waals surface area contributed by atoms with Gasteiger partial charge in [-0.15, -0.1) is 0 Å². The number of oxazole rings is 1. The molecule has 3 rings (SSSR count). The predicted octanol–water partition coefficient (Wildman–Crippen LogP) is 2.17. The largest absolute Gasteiger partial charge is 0.438 e. The molecule has 1 unspecified atom stereocenters. The van der Waals surface area contributed by atoms with Crippen LogP contribution in [0.3, 0.4) is 0 Å². The summed E-state index contributed by atoms with van der Waals surface area (Å²) in [5.74, 6) is 0.655. The summed E-state index contributed by atoms with van der Waals surface area (Å²) in [6.07, 6.45) is 2.04. The number of aliphatic hydroxyl groups excluding tert-OH is 1. The van der Waals surface area contributed by atoms with Gasteiger partial charge in [-0.3, -0.25) is 0 Å². The Labute approximate surface area is 92.9 Å². The maximum absolute atomic E-state index is 9.03. The van der Waals surface area contributed by atoms with E-state index in [1.807, 2.05) is 18.2 Å². The van der Waals surface area contributed by atoms with Gasteiger partial charge in [0.25, 0.3) is 0 Å². The van der Waals surface area contributed by atoms with Crippen LogP contribution >= 0.6 is 0 Å². The maximum atomic E-state index is 9.03. The number of ether oxygens (including phenoxy) is 1. The molecule has 2 heterocycles. The van der Waals surface area contributed by atoms with Crippen LogP contribution in [0.5, 0.6) is 0 Å². The van der Waals surface area contributed by atoms with Gasteiger partial charge in [0.1, 0.15) is 11.6 Å². The minimum atomic E-state index is 0.00461. The third kappa shape index (κ3) is 1.60. The van der Waals surface area contributed by atoms with E-state index in [0.29, 0.717) is 5.89 Å². The van der Waals surface area contributed by atoms with Crippen molar-refractivity contribution in [2.45, 2.75) is 25.6 Å². The van der Waals surface area contributed by atoms with Crippen molar-refractivity contribution in [3.8, 4) is 0 Å². The van der Waals surface area contributed by atoms with E-state index in [2.05, 4.69) is 4.98 Å². The van der Waals surface area contributed by atoms with Crippen molar-refractivity contribution in [1.29, 1.82) is 0 Å². The van der Waals surface area contributed by atoms with Crippen molar-refractivity contribution in [2.24, 2.45) is 0 Å². The minimum Gasteiger partial charge on any atom is -0.438 e. The summed E-state index contributed by atoms with van der Waals surface area (Å²) in [5, 5.41) is 9.03. The zero-order valence-electron chi connectivity index (χ0n) is 8.85. The van der Waals surface area contributed by atoms with Crippen LogP contribution in [0.15, 0.2) is 22.6 Å². The Hall–Kier alpha value is -1.39. The average Bonchev–Trinajstić information content (AvgIpc) is 2.96. The minimum absolute atomic E-state index is 0.00461. The fourth-order valence-electron chi connectivity index (χ4n) is 2.00. The molecule has 1 aliphatic rings. The average molecular weight is 219 g/mol. The van der Waals surface area contributed by atoms with Gasteiger partial charge in [0, 0.05) is 6.61 Å². The number of hydrogen-bond acceptors (Lipinski definition) is 4. The number of nitrogens with zero attached hydrogens (tertiary/aromatic N) is 1. The number of aliphatic hydroxyl groups is 1. The zero-order valence-corrected chi connectivity index (χ0v) is 8.85. The van der Waals surface area contributed by atoms with Crippen molar-refractivity contribution >= 4 is 11.1 Å². The van der Waals surface area contributed by atoms with Crippen molar-refractivity contribution in [2.75, 3.05) is 6.61 Å². The van der Waals surface area contributed by atoms with Crippen LogP contribution in [0.1, 0.15) is 30.4 Å². The summed E-state index contributed by atoms with van der Waals surface area (Å²) in [4.78, 5) is 4.40. The standard InChI is InChI=1S/C12H13NO3/c14-7-8-3-4-10-9(6-8)13-12(16-10)11-2-1-5-15-11/h3-4,6,11,14H,1-2,5,7H2. The van der Waals surface area contributed by atoms with Crippen LogP contribution in [0.25, 0.3) is 11.1 Å². The van der Waals surface area contributed by atoms with Crippen LogP contribution < -0.4 is 0 Å². The molecule has 1 N–H and O–H groups in total. The highest BCUT2D eigenvalue weighted by atomic mass is 16.5. The van der Waals surface area contributed by atoms with E-state index in [9.17, 15) is 0 Å². The first kappa shape index (κ1) is 9.81. The Balaban J connectivity index is 2.01. The van der Waals surface area contributed by atoms with Crippen molar-refractivity contribution in [3.05, 3.63) is 29.7 Å². The lowest BCUT2D eigenvalue weighted by Crippen LogP contribution is -1.94. The van der Waals surface area contributed by atoms with Crippen LogP contribution in [-0.2, 0) is 11.3 Å². The van der Waals surface area contributed by atoms with Gasteiger partial charge in [-0.1, -0.05) is 6.07 Å². The Morgan fingerprint density at radius 1 is 1.44 bits per heavy atom. The molecule has 0 amide bonds. The molecule has 4 heteroatoms. The van der Waals surface area contributed by atoms with Gasteiger partial charge in [0.2, 0.25) is 5.89 Å². The highest BCUT2D eigenvalue weighted by molar-refractivity contribution is 5.73. The number of hydrogen-bond donors (Lipinski definition) is 1. The Bertz CT molecular complexity index is 500. The molecule has 1 aromatic carbocycles. The second-order valence-electron chi connectivity index (χ2n) is 4.01. The molecule has 1 fully saturated rings. The number of aromatic nitrogens is 1. The molecule has 1 atom stereocenters. The first-order valence-electron chi connectivity index (χ1n) is 5.48. The summed E-state index contributed by atoms with van der Waals surface area (Å²) in [6, 6.07) is 5.52. The van der Waals surface area contributed by atoms with E-state index in [1.165, 1.54) is 0 Å². The summed E-state index contributed by atoms with van der Waals surface area (Å²) in [7, 11) is 0. The highest BCUT2D eigenvalue weighted by Gasteiger charge is 2.23. The fourth-order valence-corrected chi connectivity index (χ4v) is 2.00. The number of rotatable bonds is 2. The monoisotopic (exact) mass is 219 g/mol. The quantitative estimate of drug-likeness (QED) is 0.841. The molecule has 1 saturated heterocycles. The Morgan fingerprint density at radius 2 is 2.38 bits per heavy atom. The van der Waals surface area contributed by atoms with Gasteiger partial charge < -0.3 is 14.3 Å². The lowest BCUT2D eigenvalue weighted by molar-refractivity contribution is 0.0907. The Morgan fingerprint density at radius 3 is 3.12 bits per heavy atom. The predicted molar refractivity (Wildman–Crippen MR) is 57.9 cm³/mol. The normalized spacial score (nSPS) is 20.7. The second-order valence-corrected chi connectivity index (χ2v) is 4.01. The van der Waals surface area contributed by atoms with Gasteiger partial charge in [0.05, 0.1) is 6.61 Å². The molecule has 0 saturated carbocycles. The third-order valence-electron chi connectivity index (χ3n) is 2.86. The molecule has 16 heavy (non-hydrogen) atoms. The molecule has 4 nitrogen and oxygen atoms in total. The third-order valence-corrected chi connectivity index (χ3v) is 2.86. The van der Waals surface area contributed by atoms with Gasteiger partial charge in [0.15, 0.2) is 5.58 Å². The lowest BCUT2D eigenvalue weighted by atomic mass is 10.2. The molecular formula is C12H13NO3. The van der Waals surface area contributed by atoms with Gasteiger partial charge in [-0.25, -0.2) is 4.98 Å². The molecule has 2 aromatic rings. The SMILES string of the molecule is OCc1ccc2oc(C3CCCO3)nc2c1. The fraction of sp³-hybridized carbons (Fsp3) is 0.417. The second kappa shape index (κ2) is 3.88. The topological polar surface area (TPSA) is 55.5 Å².